The Kier molecular flexibility index (Phi) is 46.9. The molecule has 0 amide bonds. The smallest absolute Gasteiger partial charge is 0.306 e. The molecule has 0 heterocycles. The van der Waals surface area contributed by atoms with Gasteiger partial charge in [0.2, 0.25) is 0 Å². The second kappa shape index (κ2) is 49.0. The summed E-state index contributed by atoms with van der Waals surface area (Å²) in [5, 5.41) is 9.60. The van der Waals surface area contributed by atoms with Crippen LogP contribution in [0.1, 0.15) is 245 Å². The minimum atomic E-state index is -0.774. The molecule has 0 radical (unpaired) electrons. The standard InChI is InChI=1S/C53H94O5/c1-3-5-7-9-11-13-15-17-18-19-20-21-22-23-24-25-26-27-28-29-30-31-32-33-34-36-38-40-42-44-46-48-53(56)58-51(49-54)50-57-52(55)47-45-43-41-39-37-35-16-14-12-10-8-6-4-2/h5,7,11,13-14,16-18,20-21,51,54H,3-4,6,8-10,12,15,19,22-50H2,1-2H3/b7-5-,13-11-,16-14-,18-17-,21-20-. The quantitative estimate of drug-likeness (QED) is 0.0377. The highest BCUT2D eigenvalue weighted by Gasteiger charge is 2.16. The van der Waals surface area contributed by atoms with Crippen molar-refractivity contribution in [2.24, 2.45) is 0 Å². The second-order valence-electron chi connectivity index (χ2n) is 16.5. The van der Waals surface area contributed by atoms with Crippen LogP contribution in [-0.4, -0.2) is 36.4 Å². The van der Waals surface area contributed by atoms with Crippen LogP contribution >= 0.6 is 0 Å². The molecule has 0 saturated carbocycles. The Hall–Kier alpha value is -2.40. The van der Waals surface area contributed by atoms with Gasteiger partial charge in [-0.1, -0.05) is 216 Å². The van der Waals surface area contributed by atoms with Crippen molar-refractivity contribution < 1.29 is 24.2 Å². The van der Waals surface area contributed by atoms with Crippen molar-refractivity contribution >= 4 is 11.9 Å². The molecule has 1 N–H and O–H groups in total. The summed E-state index contributed by atoms with van der Waals surface area (Å²) in [6.07, 6.45) is 64.6. The summed E-state index contributed by atoms with van der Waals surface area (Å²) >= 11 is 0. The lowest BCUT2D eigenvalue weighted by Crippen LogP contribution is -2.28. The second-order valence-corrected chi connectivity index (χ2v) is 16.5. The van der Waals surface area contributed by atoms with Gasteiger partial charge >= 0.3 is 11.9 Å². The molecule has 0 aromatic heterocycles. The Morgan fingerprint density at radius 3 is 1.14 bits per heavy atom. The predicted octanol–water partition coefficient (Wildman–Crippen LogP) is 16.3. The number of allylic oxidation sites excluding steroid dienone is 10. The Morgan fingerprint density at radius 1 is 0.414 bits per heavy atom. The van der Waals surface area contributed by atoms with Gasteiger partial charge in [0.1, 0.15) is 6.61 Å². The van der Waals surface area contributed by atoms with E-state index >= 15 is 0 Å². The molecule has 0 rings (SSSR count). The van der Waals surface area contributed by atoms with Crippen molar-refractivity contribution in [3.8, 4) is 0 Å². The van der Waals surface area contributed by atoms with E-state index in [0.717, 1.165) is 70.6 Å². The Balaban J connectivity index is 3.45. The highest BCUT2D eigenvalue weighted by molar-refractivity contribution is 5.70. The van der Waals surface area contributed by atoms with Crippen LogP contribution in [0, 0.1) is 0 Å². The van der Waals surface area contributed by atoms with E-state index in [1.807, 2.05) is 0 Å². The maximum absolute atomic E-state index is 12.2. The zero-order valence-corrected chi connectivity index (χ0v) is 38.3. The molecule has 0 aromatic rings. The third kappa shape index (κ3) is 46.3. The Labute approximate surface area is 360 Å². The molecular formula is C53H94O5. The van der Waals surface area contributed by atoms with Crippen LogP contribution in [0.25, 0.3) is 0 Å². The molecular weight excluding hydrogens is 717 g/mol. The Bertz CT molecular complexity index is 1010. The summed E-state index contributed by atoms with van der Waals surface area (Å²) in [6, 6.07) is 0. The molecule has 0 aromatic carbocycles. The lowest BCUT2D eigenvalue weighted by Gasteiger charge is -2.15. The van der Waals surface area contributed by atoms with Gasteiger partial charge in [-0.25, -0.2) is 0 Å². The maximum atomic E-state index is 12.2. The fourth-order valence-electron chi connectivity index (χ4n) is 7.07. The van der Waals surface area contributed by atoms with Crippen molar-refractivity contribution in [3.05, 3.63) is 60.8 Å². The van der Waals surface area contributed by atoms with Crippen LogP contribution in [-0.2, 0) is 19.1 Å². The van der Waals surface area contributed by atoms with Gasteiger partial charge in [0.05, 0.1) is 6.61 Å². The van der Waals surface area contributed by atoms with E-state index in [9.17, 15) is 14.7 Å². The first kappa shape index (κ1) is 55.6. The first-order chi connectivity index (χ1) is 28.6. The summed E-state index contributed by atoms with van der Waals surface area (Å²) in [5.74, 6) is -0.595. The van der Waals surface area contributed by atoms with Gasteiger partial charge < -0.3 is 14.6 Å². The fourth-order valence-corrected chi connectivity index (χ4v) is 7.07. The number of carbonyl (C=O) groups is 2. The molecule has 336 valence electrons. The van der Waals surface area contributed by atoms with Crippen LogP contribution < -0.4 is 0 Å². The van der Waals surface area contributed by atoms with E-state index in [1.165, 1.54) is 148 Å². The van der Waals surface area contributed by atoms with Crippen molar-refractivity contribution in [2.75, 3.05) is 13.2 Å². The number of hydrogen-bond acceptors (Lipinski definition) is 5. The van der Waals surface area contributed by atoms with Gasteiger partial charge in [0.15, 0.2) is 6.10 Å². The van der Waals surface area contributed by atoms with Gasteiger partial charge in [-0.05, 0) is 77.0 Å². The van der Waals surface area contributed by atoms with Gasteiger partial charge in [-0.3, -0.25) is 9.59 Å². The van der Waals surface area contributed by atoms with E-state index in [-0.39, 0.29) is 25.2 Å². The highest BCUT2D eigenvalue weighted by Crippen LogP contribution is 2.16. The number of unbranched alkanes of at least 4 members (excludes halogenated alkanes) is 27. The third-order valence-electron chi connectivity index (χ3n) is 10.8. The minimum absolute atomic E-state index is 0.0686. The molecule has 0 aliphatic rings. The van der Waals surface area contributed by atoms with E-state index in [2.05, 4.69) is 74.6 Å². The van der Waals surface area contributed by atoms with Crippen molar-refractivity contribution in [1.29, 1.82) is 0 Å². The summed E-state index contributed by atoms with van der Waals surface area (Å²) in [7, 11) is 0. The van der Waals surface area contributed by atoms with Crippen molar-refractivity contribution in [2.45, 2.75) is 251 Å². The first-order valence-electron chi connectivity index (χ1n) is 24.8. The summed E-state index contributed by atoms with van der Waals surface area (Å²) in [4.78, 5) is 24.4. The van der Waals surface area contributed by atoms with E-state index in [1.54, 1.807) is 0 Å². The van der Waals surface area contributed by atoms with Crippen molar-refractivity contribution in [1.82, 2.24) is 0 Å². The molecule has 0 aliphatic heterocycles. The predicted molar refractivity (Wildman–Crippen MR) is 251 cm³/mol. The summed E-state index contributed by atoms with van der Waals surface area (Å²) < 4.78 is 10.6. The molecule has 0 saturated heterocycles. The van der Waals surface area contributed by atoms with Gasteiger partial charge in [-0.15, -0.1) is 0 Å². The zero-order chi connectivity index (χ0) is 42.1. The normalized spacial score (nSPS) is 12.7. The average Bonchev–Trinajstić information content (AvgIpc) is 3.23. The van der Waals surface area contributed by atoms with Gasteiger partial charge in [0.25, 0.3) is 0 Å². The topological polar surface area (TPSA) is 72.8 Å². The van der Waals surface area contributed by atoms with Gasteiger partial charge in [-0.2, -0.15) is 0 Å². The molecule has 0 fully saturated rings. The number of aliphatic hydroxyl groups is 1. The molecule has 5 heteroatoms. The van der Waals surface area contributed by atoms with E-state index in [0.29, 0.717) is 12.8 Å². The summed E-state index contributed by atoms with van der Waals surface area (Å²) in [6.45, 7) is 4.02. The lowest BCUT2D eigenvalue weighted by molar-refractivity contribution is -0.161. The monoisotopic (exact) mass is 811 g/mol. The van der Waals surface area contributed by atoms with Crippen LogP contribution in [0.15, 0.2) is 60.8 Å². The molecule has 58 heavy (non-hydrogen) atoms. The number of ether oxygens (including phenoxy) is 2. The molecule has 1 atom stereocenters. The third-order valence-corrected chi connectivity index (χ3v) is 10.8. The SMILES string of the molecule is CC/C=C\C/C=C\C/C=C\C/C=C\CCCCCCCCCCCCCCCCCCCCC(=O)OC(CO)COC(=O)CCCCCCC/C=C\CCCCCC. The zero-order valence-electron chi connectivity index (χ0n) is 38.3. The molecule has 1 unspecified atom stereocenters. The fraction of sp³-hybridized carbons (Fsp3) is 0.774. The maximum Gasteiger partial charge on any atom is 0.306 e. The average molecular weight is 811 g/mol. The van der Waals surface area contributed by atoms with Crippen LogP contribution in [0.3, 0.4) is 0 Å². The van der Waals surface area contributed by atoms with Crippen LogP contribution in [0.2, 0.25) is 0 Å². The molecule has 0 bridgehead atoms. The number of aliphatic hydroxyl groups excluding tert-OH is 1. The molecule has 0 spiro atoms. The van der Waals surface area contributed by atoms with Crippen molar-refractivity contribution in [3.63, 3.8) is 0 Å². The summed E-state index contributed by atoms with van der Waals surface area (Å²) in [5.41, 5.74) is 0. The Morgan fingerprint density at radius 2 is 0.741 bits per heavy atom. The minimum Gasteiger partial charge on any atom is -0.462 e. The van der Waals surface area contributed by atoms with E-state index in [4.69, 9.17) is 9.47 Å². The number of carbonyl (C=O) groups excluding carboxylic acids is 2. The lowest BCUT2D eigenvalue weighted by atomic mass is 10.0. The van der Waals surface area contributed by atoms with Crippen LogP contribution in [0.5, 0.6) is 0 Å². The van der Waals surface area contributed by atoms with Gasteiger partial charge in [0, 0.05) is 12.8 Å². The first-order valence-corrected chi connectivity index (χ1v) is 24.8. The van der Waals surface area contributed by atoms with Crippen LogP contribution in [0.4, 0.5) is 0 Å². The molecule has 0 aliphatic carbocycles. The number of esters is 2. The number of hydrogen-bond donors (Lipinski definition) is 1. The van der Waals surface area contributed by atoms with E-state index < -0.39 is 6.10 Å². The highest BCUT2D eigenvalue weighted by atomic mass is 16.6. The molecule has 5 nitrogen and oxygen atoms in total. The number of rotatable bonds is 45. The largest absolute Gasteiger partial charge is 0.462 e.